The molecule has 1 saturated heterocycles. The maximum atomic E-state index is 12.6. The lowest BCUT2D eigenvalue weighted by Gasteiger charge is -2.33. The lowest BCUT2D eigenvalue weighted by Crippen LogP contribution is -2.50. The summed E-state index contributed by atoms with van der Waals surface area (Å²) in [6.07, 6.45) is 1.50. The van der Waals surface area contributed by atoms with Crippen molar-refractivity contribution in [2.75, 3.05) is 32.7 Å². The number of hydrogen-bond acceptors (Lipinski definition) is 6. The Labute approximate surface area is 154 Å². The predicted octanol–water partition coefficient (Wildman–Crippen LogP) is 2.37. The second kappa shape index (κ2) is 7.27. The molecule has 7 nitrogen and oxygen atoms in total. The van der Waals surface area contributed by atoms with Crippen LogP contribution in [0.3, 0.4) is 0 Å². The molecular formula is C18H18N4O3S. The van der Waals surface area contributed by atoms with Crippen molar-refractivity contribution in [1.82, 2.24) is 20.0 Å². The molecule has 0 aromatic carbocycles. The maximum Gasteiger partial charge on any atom is 0.274 e. The Bertz CT molecular complexity index is 878. The van der Waals surface area contributed by atoms with Crippen LogP contribution in [0.5, 0.6) is 0 Å². The number of aromatic amines is 1. The molecule has 1 aliphatic heterocycles. The van der Waals surface area contributed by atoms with Crippen LogP contribution in [0.1, 0.15) is 21.0 Å². The number of piperazine rings is 1. The number of ketones is 1. The average molecular weight is 370 g/mol. The smallest absolute Gasteiger partial charge is 0.274 e. The van der Waals surface area contributed by atoms with Gasteiger partial charge in [0.25, 0.3) is 5.91 Å². The van der Waals surface area contributed by atoms with Crippen molar-refractivity contribution in [1.29, 1.82) is 0 Å². The summed E-state index contributed by atoms with van der Waals surface area (Å²) in [6, 6.07) is 9.12. The largest absolute Gasteiger partial charge is 0.461 e. The predicted molar refractivity (Wildman–Crippen MR) is 97.3 cm³/mol. The van der Waals surface area contributed by atoms with E-state index in [4.69, 9.17) is 4.42 Å². The van der Waals surface area contributed by atoms with Gasteiger partial charge in [0.1, 0.15) is 0 Å². The summed E-state index contributed by atoms with van der Waals surface area (Å²) in [5.41, 5.74) is 1.28. The highest BCUT2D eigenvalue weighted by atomic mass is 32.1. The molecule has 8 heteroatoms. The molecule has 0 radical (unpaired) electrons. The van der Waals surface area contributed by atoms with Crippen molar-refractivity contribution in [3.05, 3.63) is 53.4 Å². The van der Waals surface area contributed by atoms with Crippen LogP contribution < -0.4 is 0 Å². The number of furan rings is 1. The van der Waals surface area contributed by atoms with Gasteiger partial charge in [0.15, 0.2) is 11.5 Å². The van der Waals surface area contributed by atoms with Crippen molar-refractivity contribution in [2.45, 2.75) is 0 Å². The number of nitrogens with one attached hydrogen (secondary N) is 1. The number of rotatable bonds is 5. The Balaban J connectivity index is 1.33. The van der Waals surface area contributed by atoms with Gasteiger partial charge in [-0.3, -0.25) is 19.6 Å². The number of amides is 1. The first-order valence-electron chi connectivity index (χ1n) is 8.38. The molecule has 1 amide bonds. The SMILES string of the molecule is O=C(CN1CCN(C(=O)c2cc(-c3cccs3)[nH]n2)CC1)c1ccco1. The second-order valence-electron chi connectivity index (χ2n) is 6.11. The molecule has 0 bridgehead atoms. The number of aromatic nitrogens is 2. The Morgan fingerprint density at radius 1 is 1.19 bits per heavy atom. The van der Waals surface area contributed by atoms with Crippen LogP contribution in [0.2, 0.25) is 0 Å². The van der Waals surface area contributed by atoms with Crippen LogP contribution in [-0.2, 0) is 0 Å². The summed E-state index contributed by atoms with van der Waals surface area (Å²) in [6.45, 7) is 2.76. The first-order valence-corrected chi connectivity index (χ1v) is 9.26. The highest BCUT2D eigenvalue weighted by molar-refractivity contribution is 7.13. The van der Waals surface area contributed by atoms with Crippen LogP contribution in [0.25, 0.3) is 10.6 Å². The zero-order valence-electron chi connectivity index (χ0n) is 14.1. The quantitative estimate of drug-likeness (QED) is 0.697. The van der Waals surface area contributed by atoms with Crippen LogP contribution >= 0.6 is 11.3 Å². The number of carbonyl (C=O) groups is 2. The lowest BCUT2D eigenvalue weighted by molar-refractivity contribution is 0.0615. The number of H-pyrrole nitrogens is 1. The van der Waals surface area contributed by atoms with Crippen molar-refractivity contribution in [3.8, 4) is 10.6 Å². The van der Waals surface area contributed by atoms with Crippen LogP contribution in [0.15, 0.2) is 46.4 Å². The molecule has 134 valence electrons. The normalized spacial score (nSPS) is 15.3. The van der Waals surface area contributed by atoms with Gasteiger partial charge in [-0.2, -0.15) is 5.10 Å². The van der Waals surface area contributed by atoms with Gasteiger partial charge in [0.2, 0.25) is 5.78 Å². The Kier molecular flexibility index (Phi) is 4.68. The third-order valence-electron chi connectivity index (χ3n) is 4.41. The maximum absolute atomic E-state index is 12.6. The fraction of sp³-hybridized carbons (Fsp3) is 0.278. The highest BCUT2D eigenvalue weighted by Gasteiger charge is 2.25. The van der Waals surface area contributed by atoms with E-state index in [-0.39, 0.29) is 11.7 Å². The standard InChI is InChI=1S/C18H18N4O3S/c23-15(16-3-1-9-25-16)12-21-5-7-22(8-6-21)18(24)14-11-13(19-20-14)17-4-2-10-26-17/h1-4,9-11H,5-8,12H2,(H,19,20). The molecule has 1 aliphatic rings. The zero-order chi connectivity index (χ0) is 17.9. The fourth-order valence-corrected chi connectivity index (χ4v) is 3.67. The zero-order valence-corrected chi connectivity index (χ0v) is 14.9. The third kappa shape index (κ3) is 3.47. The first kappa shape index (κ1) is 16.7. The summed E-state index contributed by atoms with van der Waals surface area (Å²) in [7, 11) is 0. The molecule has 4 heterocycles. The number of thiophene rings is 1. The number of carbonyl (C=O) groups excluding carboxylic acids is 2. The van der Waals surface area contributed by atoms with Gasteiger partial charge in [-0.05, 0) is 29.6 Å². The van der Waals surface area contributed by atoms with Crippen molar-refractivity contribution in [3.63, 3.8) is 0 Å². The lowest BCUT2D eigenvalue weighted by atomic mass is 10.2. The van der Waals surface area contributed by atoms with Gasteiger partial charge >= 0.3 is 0 Å². The Hall–Kier alpha value is -2.71. The molecule has 1 N–H and O–H groups in total. The van der Waals surface area contributed by atoms with Gasteiger partial charge < -0.3 is 9.32 Å². The van der Waals surface area contributed by atoms with E-state index < -0.39 is 0 Å². The molecule has 4 rings (SSSR count). The molecule has 26 heavy (non-hydrogen) atoms. The van der Waals surface area contributed by atoms with Gasteiger partial charge in [0.05, 0.1) is 23.4 Å². The van der Waals surface area contributed by atoms with E-state index in [0.29, 0.717) is 44.2 Å². The molecule has 0 aliphatic carbocycles. The average Bonchev–Trinajstić information content (AvgIpc) is 3.43. The molecule has 1 fully saturated rings. The summed E-state index contributed by atoms with van der Waals surface area (Å²) in [4.78, 5) is 29.6. The highest BCUT2D eigenvalue weighted by Crippen LogP contribution is 2.23. The van der Waals surface area contributed by atoms with Crippen molar-refractivity contribution in [2.24, 2.45) is 0 Å². The minimum atomic E-state index is -0.0823. The molecule has 0 saturated carbocycles. The Morgan fingerprint density at radius 3 is 2.73 bits per heavy atom. The summed E-state index contributed by atoms with van der Waals surface area (Å²) in [5, 5.41) is 9.07. The van der Waals surface area contributed by atoms with Crippen LogP contribution in [0.4, 0.5) is 0 Å². The summed E-state index contributed by atoms with van der Waals surface area (Å²) in [5.74, 6) is 0.255. The van der Waals surface area contributed by atoms with Crippen LogP contribution in [0, 0.1) is 0 Å². The first-order chi connectivity index (χ1) is 12.7. The minimum Gasteiger partial charge on any atom is -0.461 e. The minimum absolute atomic E-state index is 0.0392. The molecular weight excluding hydrogens is 352 g/mol. The van der Waals surface area contributed by atoms with E-state index in [2.05, 4.69) is 10.2 Å². The van der Waals surface area contributed by atoms with E-state index in [1.807, 2.05) is 22.4 Å². The van der Waals surface area contributed by atoms with Gasteiger partial charge in [-0.1, -0.05) is 6.07 Å². The van der Waals surface area contributed by atoms with E-state index in [1.165, 1.54) is 6.26 Å². The topological polar surface area (TPSA) is 82.4 Å². The molecule has 3 aromatic heterocycles. The second-order valence-corrected chi connectivity index (χ2v) is 7.06. The van der Waals surface area contributed by atoms with Crippen molar-refractivity contribution >= 4 is 23.0 Å². The molecule has 0 spiro atoms. The number of hydrogen-bond donors (Lipinski definition) is 1. The number of nitrogens with zero attached hydrogens (tertiary/aromatic N) is 3. The van der Waals surface area contributed by atoms with E-state index in [0.717, 1.165) is 10.6 Å². The van der Waals surface area contributed by atoms with Crippen molar-refractivity contribution < 1.29 is 14.0 Å². The van der Waals surface area contributed by atoms with Crippen LogP contribution in [-0.4, -0.2) is 64.4 Å². The van der Waals surface area contributed by atoms with Gasteiger partial charge in [-0.15, -0.1) is 11.3 Å². The molecule has 3 aromatic rings. The Morgan fingerprint density at radius 2 is 2.04 bits per heavy atom. The van der Waals surface area contributed by atoms with E-state index in [9.17, 15) is 9.59 Å². The number of Topliss-reactive ketones (excluding diaryl/α,β-unsaturated/α-hetero) is 1. The molecule has 0 unspecified atom stereocenters. The third-order valence-corrected chi connectivity index (χ3v) is 5.31. The van der Waals surface area contributed by atoms with Gasteiger partial charge in [0, 0.05) is 26.2 Å². The monoisotopic (exact) mass is 370 g/mol. The van der Waals surface area contributed by atoms with E-state index >= 15 is 0 Å². The van der Waals surface area contributed by atoms with E-state index in [1.54, 1.807) is 34.4 Å². The fourth-order valence-electron chi connectivity index (χ4n) is 2.98. The molecule has 0 atom stereocenters. The van der Waals surface area contributed by atoms with Gasteiger partial charge in [-0.25, -0.2) is 0 Å². The summed E-state index contributed by atoms with van der Waals surface area (Å²) >= 11 is 1.60. The summed E-state index contributed by atoms with van der Waals surface area (Å²) < 4.78 is 5.14.